The first kappa shape index (κ1) is 21.5. The van der Waals surface area contributed by atoms with Crippen molar-refractivity contribution >= 4 is 36.6 Å². The van der Waals surface area contributed by atoms with Crippen LogP contribution in [0.5, 0.6) is 0 Å². The van der Waals surface area contributed by atoms with Gasteiger partial charge >= 0.3 is 0 Å². The van der Waals surface area contributed by atoms with Crippen molar-refractivity contribution in [3.8, 4) is 0 Å². The predicted molar refractivity (Wildman–Crippen MR) is 99.0 cm³/mol. The van der Waals surface area contributed by atoms with Gasteiger partial charge in [0.05, 0.1) is 13.1 Å². The van der Waals surface area contributed by atoms with E-state index in [9.17, 15) is 9.59 Å². The van der Waals surface area contributed by atoms with Gasteiger partial charge in [0.15, 0.2) is 0 Å². The van der Waals surface area contributed by atoms with Crippen LogP contribution in [0.15, 0.2) is 0 Å². The lowest BCUT2D eigenvalue weighted by Gasteiger charge is -2.34. The number of amides is 2. The van der Waals surface area contributed by atoms with Gasteiger partial charge in [0, 0.05) is 32.2 Å². The fourth-order valence-corrected chi connectivity index (χ4v) is 3.86. The zero-order valence-corrected chi connectivity index (χ0v) is 15.9. The molecule has 6 nitrogen and oxygen atoms in total. The summed E-state index contributed by atoms with van der Waals surface area (Å²) in [6.45, 7) is 6.29. The molecule has 0 aliphatic carbocycles. The summed E-state index contributed by atoms with van der Waals surface area (Å²) in [7, 11) is 0. The highest BCUT2D eigenvalue weighted by molar-refractivity contribution is 5.86. The Morgan fingerprint density at radius 1 is 1.04 bits per heavy atom. The molecule has 1 atom stereocenters. The van der Waals surface area contributed by atoms with Crippen molar-refractivity contribution in [1.29, 1.82) is 0 Å². The summed E-state index contributed by atoms with van der Waals surface area (Å²) < 4.78 is 0. The zero-order valence-electron chi connectivity index (χ0n) is 14.2. The van der Waals surface area contributed by atoms with Gasteiger partial charge in [0.2, 0.25) is 11.8 Å². The van der Waals surface area contributed by atoms with Crippen LogP contribution in [0.3, 0.4) is 0 Å². The molecule has 3 saturated heterocycles. The zero-order chi connectivity index (χ0) is 15.4. The maximum absolute atomic E-state index is 12.6. The Morgan fingerprint density at radius 3 is 2.50 bits per heavy atom. The van der Waals surface area contributed by atoms with E-state index < -0.39 is 0 Å². The fraction of sp³-hybridized carbons (Fsp3) is 0.875. The lowest BCUT2D eigenvalue weighted by molar-refractivity contribution is -0.141. The van der Waals surface area contributed by atoms with Crippen LogP contribution in [0.2, 0.25) is 0 Å². The monoisotopic (exact) mass is 380 g/mol. The van der Waals surface area contributed by atoms with Crippen LogP contribution >= 0.6 is 24.8 Å². The number of piperazine rings is 1. The second-order valence-electron chi connectivity index (χ2n) is 6.74. The molecule has 8 heteroatoms. The molecule has 0 aromatic heterocycles. The van der Waals surface area contributed by atoms with Gasteiger partial charge in [-0.15, -0.1) is 24.8 Å². The van der Waals surface area contributed by atoms with Crippen molar-refractivity contribution in [3.05, 3.63) is 0 Å². The summed E-state index contributed by atoms with van der Waals surface area (Å²) in [5, 5.41) is 3.05. The van der Waals surface area contributed by atoms with Crippen molar-refractivity contribution in [3.63, 3.8) is 0 Å². The summed E-state index contributed by atoms with van der Waals surface area (Å²) in [5.41, 5.74) is 0. The molecule has 3 rings (SSSR count). The Hall–Kier alpha value is -0.560. The number of nitrogens with zero attached hydrogens (tertiary/aromatic N) is 3. The number of carbonyl (C=O) groups excluding carboxylic acids is 2. The highest BCUT2D eigenvalue weighted by atomic mass is 35.5. The highest BCUT2D eigenvalue weighted by Gasteiger charge is 2.32. The van der Waals surface area contributed by atoms with Gasteiger partial charge in [-0.3, -0.25) is 9.59 Å². The highest BCUT2D eigenvalue weighted by Crippen LogP contribution is 2.20. The van der Waals surface area contributed by atoms with Crippen LogP contribution < -0.4 is 5.32 Å². The summed E-state index contributed by atoms with van der Waals surface area (Å²) >= 11 is 0. The molecule has 24 heavy (non-hydrogen) atoms. The first-order chi connectivity index (χ1) is 10.7. The molecule has 140 valence electrons. The molecule has 0 aromatic rings. The maximum Gasteiger partial charge on any atom is 0.242 e. The molecule has 3 fully saturated rings. The average molecular weight is 381 g/mol. The number of rotatable bonds is 4. The second kappa shape index (κ2) is 10.4. The Kier molecular flexibility index (Phi) is 9.34. The molecular formula is C16H30Cl2N4O2. The molecule has 3 aliphatic heterocycles. The van der Waals surface area contributed by atoms with E-state index in [2.05, 4.69) is 10.2 Å². The standard InChI is InChI=1S/C16H28N4O2.2ClH/c21-15-11-17-6-10-19(15)13-16(22)20-9-4-5-14(20)12-18-7-2-1-3-8-18;;/h14,17H,1-13H2;2*1H. The molecule has 0 radical (unpaired) electrons. The largest absolute Gasteiger partial charge is 0.337 e. The van der Waals surface area contributed by atoms with Crippen LogP contribution in [0.4, 0.5) is 0 Å². The van der Waals surface area contributed by atoms with Crippen LogP contribution in [-0.2, 0) is 9.59 Å². The van der Waals surface area contributed by atoms with Crippen molar-refractivity contribution in [2.45, 2.75) is 38.1 Å². The van der Waals surface area contributed by atoms with Gasteiger partial charge < -0.3 is 20.0 Å². The Balaban J connectivity index is 0.00000144. The van der Waals surface area contributed by atoms with Crippen molar-refractivity contribution < 1.29 is 9.59 Å². The Morgan fingerprint density at radius 2 is 1.79 bits per heavy atom. The smallest absolute Gasteiger partial charge is 0.242 e. The minimum absolute atomic E-state index is 0. The van der Waals surface area contributed by atoms with E-state index in [1.165, 1.54) is 32.4 Å². The lowest BCUT2D eigenvalue weighted by atomic mass is 10.1. The number of carbonyl (C=O) groups is 2. The van der Waals surface area contributed by atoms with Crippen LogP contribution in [0, 0.1) is 0 Å². The molecule has 3 aliphatic rings. The lowest BCUT2D eigenvalue weighted by Crippen LogP contribution is -2.53. The Bertz CT molecular complexity index is 419. The number of hydrogen-bond donors (Lipinski definition) is 1. The number of likely N-dealkylation sites (tertiary alicyclic amines) is 2. The summed E-state index contributed by atoms with van der Waals surface area (Å²) in [6.07, 6.45) is 6.12. The minimum atomic E-state index is 0. The number of halogens is 2. The topological polar surface area (TPSA) is 55.9 Å². The molecule has 0 aromatic carbocycles. The summed E-state index contributed by atoms with van der Waals surface area (Å²) in [5.74, 6) is 0.182. The van der Waals surface area contributed by atoms with Gasteiger partial charge in [-0.2, -0.15) is 0 Å². The fourth-order valence-electron chi connectivity index (χ4n) is 3.86. The van der Waals surface area contributed by atoms with E-state index in [0.29, 0.717) is 19.1 Å². The van der Waals surface area contributed by atoms with Crippen molar-refractivity contribution in [2.24, 2.45) is 0 Å². The normalized spacial score (nSPS) is 25.2. The summed E-state index contributed by atoms with van der Waals surface area (Å²) in [6, 6.07) is 0.351. The maximum atomic E-state index is 12.6. The van der Waals surface area contributed by atoms with Crippen LogP contribution in [0.25, 0.3) is 0 Å². The van der Waals surface area contributed by atoms with Gasteiger partial charge in [0.25, 0.3) is 0 Å². The van der Waals surface area contributed by atoms with E-state index in [4.69, 9.17) is 0 Å². The number of nitrogens with one attached hydrogen (secondary N) is 1. The van der Waals surface area contributed by atoms with Crippen molar-refractivity contribution in [1.82, 2.24) is 20.0 Å². The molecular weight excluding hydrogens is 351 g/mol. The number of hydrogen-bond acceptors (Lipinski definition) is 4. The third-order valence-electron chi connectivity index (χ3n) is 5.13. The third-order valence-corrected chi connectivity index (χ3v) is 5.13. The summed E-state index contributed by atoms with van der Waals surface area (Å²) in [4.78, 5) is 30.7. The van der Waals surface area contributed by atoms with E-state index in [-0.39, 0.29) is 43.2 Å². The van der Waals surface area contributed by atoms with Gasteiger partial charge in [-0.25, -0.2) is 0 Å². The van der Waals surface area contributed by atoms with Crippen LogP contribution in [0.1, 0.15) is 32.1 Å². The minimum Gasteiger partial charge on any atom is -0.337 e. The number of piperidine rings is 1. The van der Waals surface area contributed by atoms with E-state index in [1.54, 1.807) is 4.90 Å². The average Bonchev–Trinajstić information content (AvgIpc) is 2.99. The first-order valence-corrected chi connectivity index (χ1v) is 8.74. The predicted octanol–water partition coefficient (Wildman–Crippen LogP) is 0.739. The van der Waals surface area contributed by atoms with E-state index >= 15 is 0 Å². The molecule has 1 N–H and O–H groups in total. The quantitative estimate of drug-likeness (QED) is 0.781. The van der Waals surface area contributed by atoms with Crippen LogP contribution in [-0.4, -0.2) is 84.9 Å². The molecule has 1 unspecified atom stereocenters. The first-order valence-electron chi connectivity index (χ1n) is 8.74. The Labute approximate surface area is 157 Å². The molecule has 3 heterocycles. The van der Waals surface area contributed by atoms with Gasteiger partial charge in [0.1, 0.15) is 0 Å². The van der Waals surface area contributed by atoms with Crippen molar-refractivity contribution in [2.75, 3.05) is 52.4 Å². The second-order valence-corrected chi connectivity index (χ2v) is 6.74. The third kappa shape index (κ3) is 5.48. The van der Waals surface area contributed by atoms with Gasteiger partial charge in [-0.05, 0) is 38.8 Å². The van der Waals surface area contributed by atoms with Gasteiger partial charge in [-0.1, -0.05) is 6.42 Å². The molecule has 2 amide bonds. The SMILES string of the molecule is Cl.Cl.O=C1CNCCN1CC(=O)N1CCCC1CN1CCCCC1. The molecule has 0 spiro atoms. The van der Waals surface area contributed by atoms with E-state index in [1.807, 2.05) is 4.90 Å². The van der Waals surface area contributed by atoms with E-state index in [0.717, 1.165) is 32.5 Å². The molecule has 0 bridgehead atoms. The molecule has 0 saturated carbocycles.